The highest BCUT2D eigenvalue weighted by Crippen LogP contribution is 2.19. The summed E-state index contributed by atoms with van der Waals surface area (Å²) in [6, 6.07) is 7.99. The fraction of sp³-hybridized carbons (Fsp3) is 0.214. The first-order chi connectivity index (χ1) is 11.8. The van der Waals surface area contributed by atoms with Gasteiger partial charge in [-0.05, 0) is 28.1 Å². The molecule has 11 heteroatoms. The number of benzene rings is 1. The van der Waals surface area contributed by atoms with E-state index in [-0.39, 0.29) is 24.4 Å². The van der Waals surface area contributed by atoms with Crippen LogP contribution in [0.4, 0.5) is 5.13 Å². The van der Waals surface area contributed by atoms with E-state index in [4.69, 9.17) is 0 Å². The molecule has 2 N–H and O–H groups in total. The molecule has 1 aromatic carbocycles. The van der Waals surface area contributed by atoms with Crippen molar-refractivity contribution in [3.63, 3.8) is 0 Å². The van der Waals surface area contributed by atoms with Crippen LogP contribution < -0.4 is 10.0 Å². The van der Waals surface area contributed by atoms with E-state index >= 15 is 0 Å². The smallest absolute Gasteiger partial charge is 0.302 e. The van der Waals surface area contributed by atoms with Gasteiger partial charge in [-0.3, -0.25) is 9.59 Å². The number of aromatic nitrogens is 1. The van der Waals surface area contributed by atoms with Crippen LogP contribution in [0.1, 0.15) is 16.8 Å². The summed E-state index contributed by atoms with van der Waals surface area (Å²) >= 11 is 4.42. The highest BCUT2D eigenvalue weighted by Gasteiger charge is 2.22. The summed E-state index contributed by atoms with van der Waals surface area (Å²) in [6.45, 7) is -0.0875. The highest BCUT2D eigenvalue weighted by atomic mass is 79.9. The summed E-state index contributed by atoms with van der Waals surface area (Å²) in [5.74, 6) is -1.11. The molecule has 0 unspecified atom stereocenters. The maximum absolute atomic E-state index is 12.1. The Balaban J connectivity index is 1.87. The zero-order valence-corrected chi connectivity index (χ0v) is 16.3. The van der Waals surface area contributed by atoms with Crippen LogP contribution in [0.5, 0.6) is 0 Å². The second kappa shape index (κ2) is 8.52. The van der Waals surface area contributed by atoms with Gasteiger partial charge < -0.3 is 5.32 Å². The molecule has 0 spiro atoms. The van der Waals surface area contributed by atoms with Crippen LogP contribution in [0.15, 0.2) is 40.3 Å². The van der Waals surface area contributed by atoms with E-state index in [9.17, 15) is 18.0 Å². The van der Waals surface area contributed by atoms with Crippen molar-refractivity contribution in [2.24, 2.45) is 0 Å². The fourth-order valence-corrected chi connectivity index (χ4v) is 3.72. The lowest BCUT2D eigenvalue weighted by Gasteiger charge is -2.17. The molecule has 0 radical (unpaired) electrons. The molecule has 2 rings (SSSR count). The number of nitrogens with zero attached hydrogens (tertiary/aromatic N) is 2. The summed E-state index contributed by atoms with van der Waals surface area (Å²) < 4.78 is 27.7. The van der Waals surface area contributed by atoms with E-state index in [1.807, 2.05) is 4.72 Å². The number of amides is 2. The Bertz CT molecular complexity index is 855. The van der Waals surface area contributed by atoms with E-state index < -0.39 is 16.1 Å². The van der Waals surface area contributed by atoms with Crippen molar-refractivity contribution in [1.29, 1.82) is 0 Å². The lowest BCUT2D eigenvalue weighted by Crippen LogP contribution is -2.42. The van der Waals surface area contributed by atoms with Crippen molar-refractivity contribution < 1.29 is 18.0 Å². The van der Waals surface area contributed by atoms with Crippen LogP contribution in [0, 0.1) is 0 Å². The standard InChI is InChI=1S/C14H15BrN4O4S2/c1-19(8-7-12(20)17-14-16-11(15)9-24-14)25(22,23)18-13(21)10-5-3-2-4-6-10/h2-6,9H,7-8H2,1H3,(H,18,21)(H,16,17,20). The average molecular weight is 447 g/mol. The van der Waals surface area contributed by atoms with Crippen LogP contribution >= 0.6 is 27.3 Å². The van der Waals surface area contributed by atoms with Crippen LogP contribution in [0.3, 0.4) is 0 Å². The van der Waals surface area contributed by atoms with Gasteiger partial charge in [0.15, 0.2) is 5.13 Å². The van der Waals surface area contributed by atoms with Crippen LogP contribution in [0.25, 0.3) is 0 Å². The van der Waals surface area contributed by atoms with Gasteiger partial charge in [0.2, 0.25) is 5.91 Å². The lowest BCUT2D eigenvalue weighted by molar-refractivity contribution is -0.116. The van der Waals surface area contributed by atoms with Gasteiger partial charge in [0.1, 0.15) is 4.60 Å². The molecular weight excluding hydrogens is 432 g/mol. The van der Waals surface area contributed by atoms with Crippen molar-refractivity contribution in [1.82, 2.24) is 14.0 Å². The van der Waals surface area contributed by atoms with Crippen molar-refractivity contribution in [3.8, 4) is 0 Å². The second-order valence-corrected chi connectivity index (χ2v) is 8.35. The predicted octanol–water partition coefficient (Wildman–Crippen LogP) is 1.84. The number of anilines is 1. The Morgan fingerprint density at radius 3 is 2.56 bits per heavy atom. The van der Waals surface area contributed by atoms with Crippen molar-refractivity contribution in [3.05, 3.63) is 45.9 Å². The van der Waals surface area contributed by atoms with Crippen molar-refractivity contribution in [2.75, 3.05) is 18.9 Å². The Morgan fingerprint density at radius 1 is 1.28 bits per heavy atom. The number of carbonyl (C=O) groups excluding carboxylic acids is 2. The molecule has 1 heterocycles. The minimum atomic E-state index is -4.04. The number of nitrogens with one attached hydrogen (secondary N) is 2. The zero-order valence-electron chi connectivity index (χ0n) is 13.1. The summed E-state index contributed by atoms with van der Waals surface area (Å²) in [5.41, 5.74) is 0.228. The second-order valence-electron chi connectivity index (χ2n) is 4.90. The first-order valence-electron chi connectivity index (χ1n) is 7.02. The number of rotatable bonds is 7. The third-order valence-electron chi connectivity index (χ3n) is 3.04. The van der Waals surface area contributed by atoms with E-state index in [0.717, 1.165) is 4.31 Å². The molecule has 1 aromatic heterocycles. The van der Waals surface area contributed by atoms with E-state index in [0.29, 0.717) is 9.73 Å². The molecule has 0 saturated heterocycles. The van der Waals surface area contributed by atoms with E-state index in [1.54, 1.807) is 23.6 Å². The molecule has 8 nitrogen and oxygen atoms in total. The molecule has 0 aliphatic heterocycles. The molecule has 0 atom stereocenters. The van der Waals surface area contributed by atoms with Gasteiger partial charge in [-0.25, -0.2) is 9.71 Å². The van der Waals surface area contributed by atoms with Crippen LogP contribution in [-0.4, -0.2) is 43.1 Å². The molecule has 0 saturated carbocycles. The van der Waals surface area contributed by atoms with Crippen LogP contribution in [0.2, 0.25) is 0 Å². The predicted molar refractivity (Wildman–Crippen MR) is 98.5 cm³/mol. The molecule has 134 valence electrons. The van der Waals surface area contributed by atoms with Crippen LogP contribution in [-0.2, 0) is 15.0 Å². The zero-order chi connectivity index (χ0) is 18.4. The molecule has 2 amide bonds. The molecule has 0 aliphatic carbocycles. The number of thiazole rings is 1. The average Bonchev–Trinajstić information content (AvgIpc) is 2.97. The van der Waals surface area contributed by atoms with Gasteiger partial charge in [-0.15, -0.1) is 11.3 Å². The van der Waals surface area contributed by atoms with E-state index in [2.05, 4.69) is 26.2 Å². The summed E-state index contributed by atoms with van der Waals surface area (Å²) in [4.78, 5) is 27.8. The Morgan fingerprint density at radius 2 is 1.96 bits per heavy atom. The SMILES string of the molecule is CN(CCC(=O)Nc1nc(Br)cs1)S(=O)(=O)NC(=O)c1ccccc1. The number of hydrogen-bond acceptors (Lipinski definition) is 6. The Kier molecular flexibility index (Phi) is 6.64. The number of hydrogen-bond donors (Lipinski definition) is 2. The Labute approximate surface area is 157 Å². The molecule has 2 aromatic rings. The summed E-state index contributed by atoms with van der Waals surface area (Å²) in [5, 5.41) is 4.70. The number of carbonyl (C=O) groups is 2. The molecule has 0 bridgehead atoms. The molecular formula is C14H15BrN4O4S2. The van der Waals surface area contributed by atoms with Crippen molar-refractivity contribution >= 4 is 54.4 Å². The van der Waals surface area contributed by atoms with Gasteiger partial charge in [0.25, 0.3) is 5.91 Å². The third kappa shape index (κ3) is 5.88. The molecule has 0 aliphatic rings. The Hall–Kier alpha value is -1.82. The van der Waals surface area contributed by atoms with Gasteiger partial charge in [-0.2, -0.15) is 12.7 Å². The highest BCUT2D eigenvalue weighted by molar-refractivity contribution is 9.10. The maximum Gasteiger partial charge on any atom is 0.303 e. The van der Waals surface area contributed by atoms with Gasteiger partial charge in [-0.1, -0.05) is 18.2 Å². The normalized spacial score (nSPS) is 11.3. The quantitative estimate of drug-likeness (QED) is 0.674. The summed E-state index contributed by atoms with van der Waals surface area (Å²) in [6.07, 6.45) is -0.0753. The minimum absolute atomic E-state index is 0.0753. The lowest BCUT2D eigenvalue weighted by atomic mass is 10.2. The first-order valence-corrected chi connectivity index (χ1v) is 10.1. The first kappa shape index (κ1) is 19.5. The van der Waals surface area contributed by atoms with Gasteiger partial charge in [0.05, 0.1) is 0 Å². The van der Waals surface area contributed by atoms with Gasteiger partial charge >= 0.3 is 10.2 Å². The van der Waals surface area contributed by atoms with Crippen molar-refractivity contribution in [2.45, 2.75) is 6.42 Å². The maximum atomic E-state index is 12.1. The third-order valence-corrected chi connectivity index (χ3v) is 5.96. The number of halogens is 1. The van der Waals surface area contributed by atoms with Gasteiger partial charge in [0, 0.05) is 31.0 Å². The molecule has 0 fully saturated rings. The summed E-state index contributed by atoms with van der Waals surface area (Å²) in [7, 11) is -2.75. The monoisotopic (exact) mass is 446 g/mol. The topological polar surface area (TPSA) is 108 Å². The largest absolute Gasteiger partial charge is 0.303 e. The minimum Gasteiger partial charge on any atom is -0.302 e. The fourth-order valence-electron chi connectivity index (χ4n) is 1.72. The molecule has 25 heavy (non-hydrogen) atoms. The van der Waals surface area contributed by atoms with E-state index in [1.165, 1.54) is 30.5 Å².